The average molecular weight is 326 g/mol. The molecule has 25 heavy (non-hydrogen) atoms. The summed E-state index contributed by atoms with van der Waals surface area (Å²) in [4.78, 5) is 0. The number of pyridine rings is 1. The van der Waals surface area contributed by atoms with Crippen LogP contribution in [0.1, 0.15) is 37.8 Å². The minimum absolute atomic E-state index is 0.266. The first-order valence-electron chi connectivity index (χ1n) is 9.32. The summed E-state index contributed by atoms with van der Waals surface area (Å²) in [5.41, 5.74) is 8.74. The van der Waals surface area contributed by atoms with Gasteiger partial charge in [0.05, 0.1) is 11.0 Å². The van der Waals surface area contributed by atoms with Crippen LogP contribution in [0.2, 0.25) is 0 Å². The number of benzene rings is 2. The topological polar surface area (TPSA) is 3.88 Å². The minimum atomic E-state index is 0.266. The molecule has 3 aromatic rings. The van der Waals surface area contributed by atoms with Gasteiger partial charge in [-0.05, 0) is 42.7 Å². The minimum Gasteiger partial charge on any atom is -0.192 e. The second-order valence-electron chi connectivity index (χ2n) is 7.98. The van der Waals surface area contributed by atoms with Gasteiger partial charge >= 0.3 is 0 Å². The predicted molar refractivity (Wildman–Crippen MR) is 102 cm³/mol. The molecule has 2 heterocycles. The highest BCUT2D eigenvalue weighted by molar-refractivity contribution is 5.76. The van der Waals surface area contributed by atoms with Crippen molar-refractivity contribution >= 4 is 0 Å². The molecule has 0 saturated heterocycles. The van der Waals surface area contributed by atoms with Crippen molar-refractivity contribution in [2.75, 3.05) is 0 Å². The summed E-state index contributed by atoms with van der Waals surface area (Å²) >= 11 is 0. The maximum atomic E-state index is 2.55. The van der Waals surface area contributed by atoms with Gasteiger partial charge in [0.1, 0.15) is 0 Å². The van der Waals surface area contributed by atoms with Gasteiger partial charge in [0, 0.05) is 25.0 Å². The van der Waals surface area contributed by atoms with Crippen molar-refractivity contribution < 1.29 is 4.57 Å². The van der Waals surface area contributed by atoms with Crippen LogP contribution < -0.4 is 4.57 Å². The van der Waals surface area contributed by atoms with Crippen LogP contribution in [0.15, 0.2) is 66.9 Å². The lowest BCUT2D eigenvalue weighted by Gasteiger charge is -2.27. The van der Waals surface area contributed by atoms with Crippen molar-refractivity contribution in [1.29, 1.82) is 0 Å². The second-order valence-corrected chi connectivity index (χ2v) is 7.98. The summed E-state index contributed by atoms with van der Waals surface area (Å²) in [6.07, 6.45) is 4.71. The smallest absolute Gasteiger partial charge is 0.192 e. The Morgan fingerprint density at radius 1 is 0.960 bits per heavy atom. The number of fused-ring (bicyclic) bond motifs is 6. The number of nitrogens with zero attached hydrogens (tertiary/aromatic N) is 1. The Kier molecular flexibility index (Phi) is 2.87. The molecule has 1 nitrogen and oxygen atoms in total. The van der Waals surface area contributed by atoms with E-state index in [0.29, 0.717) is 0 Å². The molecule has 1 saturated carbocycles. The molecule has 2 atom stereocenters. The fraction of sp³-hybridized carbons (Fsp3) is 0.292. The molecule has 5 rings (SSSR count). The first-order chi connectivity index (χ1) is 12.1. The number of rotatable bonds is 2. The first kappa shape index (κ1) is 14.9. The predicted octanol–water partition coefficient (Wildman–Crippen LogP) is 5.40. The van der Waals surface area contributed by atoms with Crippen LogP contribution in [0, 0.1) is 6.92 Å². The van der Waals surface area contributed by atoms with Crippen LogP contribution in [-0.2, 0) is 11.0 Å². The van der Waals surface area contributed by atoms with Crippen molar-refractivity contribution in [1.82, 2.24) is 0 Å². The number of hydrogen-bond donors (Lipinski definition) is 0. The van der Waals surface area contributed by atoms with Crippen LogP contribution in [0.4, 0.5) is 0 Å². The Morgan fingerprint density at radius 2 is 1.72 bits per heavy atom. The summed E-state index contributed by atoms with van der Waals surface area (Å²) < 4.78 is 2.55. The molecule has 1 fully saturated rings. The van der Waals surface area contributed by atoms with Crippen LogP contribution in [-0.4, -0.2) is 0 Å². The molecular weight excluding hydrogens is 302 g/mol. The van der Waals surface area contributed by atoms with E-state index in [9.17, 15) is 0 Å². The highest BCUT2D eigenvalue weighted by Crippen LogP contribution is 2.65. The SMILES string of the molecule is CC[C@]12CC1(C)c1ccc(-c3ccc(C)cc3)cc1-c1cccc[n+]12. The van der Waals surface area contributed by atoms with E-state index in [1.165, 1.54) is 46.4 Å². The van der Waals surface area contributed by atoms with Crippen LogP contribution in [0.25, 0.3) is 22.4 Å². The number of aromatic nitrogens is 1. The zero-order chi connectivity index (χ0) is 17.2. The van der Waals surface area contributed by atoms with E-state index in [0.717, 1.165) is 0 Å². The van der Waals surface area contributed by atoms with Crippen LogP contribution in [0.3, 0.4) is 0 Å². The van der Waals surface area contributed by atoms with E-state index in [2.05, 4.69) is 92.2 Å². The second kappa shape index (κ2) is 4.82. The molecular formula is C24H24N+. The first-order valence-corrected chi connectivity index (χ1v) is 9.32. The summed E-state index contributed by atoms with van der Waals surface area (Å²) in [6, 6.07) is 22.6. The van der Waals surface area contributed by atoms with Gasteiger partial charge in [0.2, 0.25) is 5.69 Å². The molecule has 1 unspecified atom stereocenters. The maximum Gasteiger partial charge on any atom is 0.213 e. The summed E-state index contributed by atoms with van der Waals surface area (Å²) in [5, 5.41) is 0. The van der Waals surface area contributed by atoms with Crippen LogP contribution >= 0.6 is 0 Å². The van der Waals surface area contributed by atoms with Gasteiger partial charge in [-0.3, -0.25) is 0 Å². The zero-order valence-corrected chi connectivity index (χ0v) is 15.2. The van der Waals surface area contributed by atoms with E-state index in [4.69, 9.17) is 0 Å². The monoisotopic (exact) mass is 326 g/mol. The van der Waals surface area contributed by atoms with Crippen molar-refractivity contribution in [2.45, 2.75) is 44.6 Å². The van der Waals surface area contributed by atoms with Gasteiger partial charge in [-0.15, -0.1) is 0 Å². The molecule has 2 aliphatic rings. The van der Waals surface area contributed by atoms with E-state index in [1.54, 1.807) is 0 Å². The van der Waals surface area contributed by atoms with Crippen LogP contribution in [0.5, 0.6) is 0 Å². The van der Waals surface area contributed by atoms with Gasteiger partial charge in [-0.2, -0.15) is 4.57 Å². The van der Waals surface area contributed by atoms with Gasteiger partial charge in [-0.1, -0.05) is 48.9 Å². The largest absolute Gasteiger partial charge is 0.213 e. The molecule has 124 valence electrons. The van der Waals surface area contributed by atoms with E-state index in [1.807, 2.05) is 0 Å². The Labute approximate surface area is 150 Å². The Morgan fingerprint density at radius 3 is 2.48 bits per heavy atom. The third-order valence-electron chi connectivity index (χ3n) is 6.73. The number of aryl methyl sites for hydroxylation is 1. The molecule has 2 aromatic carbocycles. The van der Waals surface area contributed by atoms with Gasteiger partial charge < -0.3 is 0 Å². The maximum absolute atomic E-state index is 2.55. The van der Waals surface area contributed by atoms with Gasteiger partial charge in [0.15, 0.2) is 11.7 Å². The van der Waals surface area contributed by atoms with Gasteiger partial charge in [-0.25, -0.2) is 0 Å². The highest BCUT2D eigenvalue weighted by Gasteiger charge is 2.75. The van der Waals surface area contributed by atoms with Crippen molar-refractivity contribution in [3.8, 4) is 22.4 Å². The molecule has 1 aliphatic carbocycles. The fourth-order valence-electron chi connectivity index (χ4n) is 5.12. The zero-order valence-electron chi connectivity index (χ0n) is 15.2. The molecule has 0 bridgehead atoms. The van der Waals surface area contributed by atoms with Crippen molar-refractivity contribution in [3.05, 3.63) is 78.0 Å². The lowest BCUT2D eigenvalue weighted by atomic mass is 9.81. The standard InChI is InChI=1S/C24H24N/c1-4-24-16-23(24,3)21-13-12-19(18-10-8-17(2)9-11-18)15-20(21)22-7-5-6-14-25(22)24/h5-15H,4,16H2,1-3H3/q+1/t23?,24-/m0/s1. The summed E-state index contributed by atoms with van der Waals surface area (Å²) in [6.45, 7) is 6.92. The summed E-state index contributed by atoms with van der Waals surface area (Å²) in [7, 11) is 0. The number of hydrogen-bond acceptors (Lipinski definition) is 0. The lowest BCUT2D eigenvalue weighted by molar-refractivity contribution is -0.735. The van der Waals surface area contributed by atoms with E-state index < -0.39 is 0 Å². The molecule has 1 aromatic heterocycles. The Bertz CT molecular complexity index is 985. The third-order valence-corrected chi connectivity index (χ3v) is 6.73. The van der Waals surface area contributed by atoms with E-state index >= 15 is 0 Å². The quantitative estimate of drug-likeness (QED) is 0.555. The molecule has 0 spiro atoms. The molecule has 1 heteroatoms. The third kappa shape index (κ3) is 1.81. The average Bonchev–Trinajstić information content (AvgIpc) is 3.30. The molecule has 1 aliphatic heterocycles. The Hall–Kier alpha value is -2.41. The van der Waals surface area contributed by atoms with Crippen molar-refractivity contribution in [2.24, 2.45) is 0 Å². The molecule has 0 N–H and O–H groups in total. The normalized spacial score (nSPS) is 25.7. The fourth-order valence-corrected chi connectivity index (χ4v) is 5.12. The molecule has 0 radical (unpaired) electrons. The van der Waals surface area contributed by atoms with E-state index in [-0.39, 0.29) is 11.0 Å². The summed E-state index contributed by atoms with van der Waals surface area (Å²) in [5.74, 6) is 0. The molecule has 0 amide bonds. The van der Waals surface area contributed by atoms with Crippen molar-refractivity contribution in [3.63, 3.8) is 0 Å². The lowest BCUT2D eigenvalue weighted by Crippen LogP contribution is -2.54. The van der Waals surface area contributed by atoms with Gasteiger partial charge in [0.25, 0.3) is 0 Å². The Balaban J connectivity index is 1.74. The highest BCUT2D eigenvalue weighted by atomic mass is 15.1.